The number of rotatable bonds is 4. The maximum atomic E-state index is 12.4. The summed E-state index contributed by atoms with van der Waals surface area (Å²) in [6.45, 7) is 5.26. The number of Topliss-reactive ketones (excluding diaryl/α,β-unsaturated/α-hetero) is 1. The van der Waals surface area contributed by atoms with Crippen LogP contribution in [0, 0.1) is 0 Å². The molecule has 0 bridgehead atoms. The molecule has 3 heteroatoms. The van der Waals surface area contributed by atoms with E-state index < -0.39 is 0 Å². The van der Waals surface area contributed by atoms with Gasteiger partial charge in [-0.3, -0.25) is 9.69 Å². The highest BCUT2D eigenvalue weighted by atomic mass is 16.5. The first-order chi connectivity index (χ1) is 8.33. The average molecular weight is 233 g/mol. The molecule has 1 aliphatic rings. The quantitative estimate of drug-likeness (QED) is 0.745. The number of ether oxygens (including phenoxy) is 1. The van der Waals surface area contributed by atoms with Gasteiger partial charge in [0.1, 0.15) is 0 Å². The Balaban J connectivity index is 2.09. The zero-order valence-corrected chi connectivity index (χ0v) is 10.3. The Bertz CT molecular complexity index is 358. The van der Waals surface area contributed by atoms with Gasteiger partial charge in [-0.2, -0.15) is 0 Å². The Morgan fingerprint density at radius 3 is 2.53 bits per heavy atom. The van der Waals surface area contributed by atoms with E-state index in [0.717, 1.165) is 38.3 Å². The summed E-state index contributed by atoms with van der Waals surface area (Å²) in [5.41, 5.74) is 0.811. The third-order valence-electron chi connectivity index (χ3n) is 3.23. The van der Waals surface area contributed by atoms with Crippen molar-refractivity contribution >= 4 is 5.78 Å². The molecule has 0 aliphatic carbocycles. The molecule has 0 saturated carbocycles. The molecular formula is C14H19NO2. The van der Waals surface area contributed by atoms with Gasteiger partial charge < -0.3 is 4.74 Å². The Kier molecular flexibility index (Phi) is 4.29. The molecular weight excluding hydrogens is 214 g/mol. The van der Waals surface area contributed by atoms with Crippen LogP contribution in [0.25, 0.3) is 0 Å². The van der Waals surface area contributed by atoms with Crippen LogP contribution in [0.2, 0.25) is 0 Å². The van der Waals surface area contributed by atoms with Crippen LogP contribution in [0.1, 0.15) is 23.7 Å². The highest BCUT2D eigenvalue weighted by Crippen LogP contribution is 2.13. The molecule has 0 amide bonds. The third kappa shape index (κ3) is 2.93. The first-order valence-corrected chi connectivity index (χ1v) is 6.24. The highest BCUT2D eigenvalue weighted by Gasteiger charge is 2.26. The Labute approximate surface area is 102 Å². The van der Waals surface area contributed by atoms with Gasteiger partial charge in [0.2, 0.25) is 0 Å². The van der Waals surface area contributed by atoms with Crippen molar-refractivity contribution in [3.05, 3.63) is 35.9 Å². The van der Waals surface area contributed by atoms with E-state index in [2.05, 4.69) is 11.8 Å². The van der Waals surface area contributed by atoms with Crippen molar-refractivity contribution in [3.8, 4) is 0 Å². The summed E-state index contributed by atoms with van der Waals surface area (Å²) in [5, 5.41) is 0. The molecule has 0 aromatic heterocycles. The van der Waals surface area contributed by atoms with E-state index in [1.165, 1.54) is 0 Å². The lowest BCUT2D eigenvalue weighted by atomic mass is 10.0. The van der Waals surface area contributed by atoms with Crippen LogP contribution in [-0.2, 0) is 4.74 Å². The van der Waals surface area contributed by atoms with Crippen LogP contribution in [0.3, 0.4) is 0 Å². The molecule has 1 fully saturated rings. The second kappa shape index (κ2) is 5.94. The van der Waals surface area contributed by atoms with Gasteiger partial charge in [-0.1, -0.05) is 37.3 Å². The highest BCUT2D eigenvalue weighted by molar-refractivity contribution is 6.00. The predicted octanol–water partition coefficient (Wildman–Crippen LogP) is 1.98. The van der Waals surface area contributed by atoms with Crippen LogP contribution in [0.5, 0.6) is 0 Å². The average Bonchev–Trinajstić information content (AvgIpc) is 2.42. The van der Waals surface area contributed by atoms with Gasteiger partial charge in [0.05, 0.1) is 19.3 Å². The van der Waals surface area contributed by atoms with Crippen molar-refractivity contribution in [1.29, 1.82) is 0 Å². The van der Waals surface area contributed by atoms with Gasteiger partial charge in [0.25, 0.3) is 0 Å². The minimum atomic E-state index is 0.00120. The molecule has 0 N–H and O–H groups in total. The fourth-order valence-electron chi connectivity index (χ4n) is 2.29. The SMILES string of the molecule is CCC(C(=O)c1ccccc1)N1CCOCC1. The lowest BCUT2D eigenvalue weighted by Crippen LogP contribution is -2.47. The largest absolute Gasteiger partial charge is 0.379 e. The van der Waals surface area contributed by atoms with E-state index in [1.807, 2.05) is 30.3 Å². The minimum absolute atomic E-state index is 0.00120. The predicted molar refractivity (Wildman–Crippen MR) is 67.2 cm³/mol. The van der Waals surface area contributed by atoms with Gasteiger partial charge in [-0.25, -0.2) is 0 Å². The summed E-state index contributed by atoms with van der Waals surface area (Å²) >= 11 is 0. The molecule has 17 heavy (non-hydrogen) atoms. The van der Waals surface area contributed by atoms with E-state index in [4.69, 9.17) is 4.74 Å². The van der Waals surface area contributed by atoms with Crippen LogP contribution < -0.4 is 0 Å². The van der Waals surface area contributed by atoms with Crippen molar-refractivity contribution in [2.24, 2.45) is 0 Å². The van der Waals surface area contributed by atoms with Gasteiger partial charge in [0.15, 0.2) is 5.78 Å². The molecule has 1 aromatic rings. The molecule has 1 aliphatic heterocycles. The first kappa shape index (κ1) is 12.3. The van der Waals surface area contributed by atoms with Gasteiger partial charge >= 0.3 is 0 Å². The molecule has 3 nitrogen and oxygen atoms in total. The van der Waals surface area contributed by atoms with Crippen LogP contribution >= 0.6 is 0 Å². The molecule has 1 saturated heterocycles. The number of carbonyl (C=O) groups excluding carboxylic acids is 1. The zero-order valence-electron chi connectivity index (χ0n) is 10.3. The number of morpholine rings is 1. The molecule has 1 atom stereocenters. The lowest BCUT2D eigenvalue weighted by molar-refractivity contribution is 0.0170. The maximum Gasteiger partial charge on any atom is 0.179 e. The molecule has 2 rings (SSSR count). The molecule has 1 unspecified atom stereocenters. The Morgan fingerprint density at radius 1 is 1.29 bits per heavy atom. The van der Waals surface area contributed by atoms with Crippen LogP contribution in [-0.4, -0.2) is 43.0 Å². The fraction of sp³-hybridized carbons (Fsp3) is 0.500. The van der Waals surface area contributed by atoms with Gasteiger partial charge in [0, 0.05) is 18.7 Å². The topological polar surface area (TPSA) is 29.5 Å². The lowest BCUT2D eigenvalue weighted by Gasteiger charge is -2.33. The summed E-state index contributed by atoms with van der Waals surface area (Å²) in [4.78, 5) is 14.6. The van der Waals surface area contributed by atoms with Crippen molar-refractivity contribution in [2.45, 2.75) is 19.4 Å². The van der Waals surface area contributed by atoms with Crippen molar-refractivity contribution in [2.75, 3.05) is 26.3 Å². The minimum Gasteiger partial charge on any atom is -0.379 e. The molecule has 1 heterocycles. The van der Waals surface area contributed by atoms with Gasteiger partial charge in [-0.05, 0) is 6.42 Å². The Morgan fingerprint density at radius 2 is 1.94 bits per heavy atom. The molecule has 0 spiro atoms. The third-order valence-corrected chi connectivity index (χ3v) is 3.23. The maximum absolute atomic E-state index is 12.4. The number of carbonyl (C=O) groups is 1. The monoisotopic (exact) mass is 233 g/mol. The van der Waals surface area contributed by atoms with E-state index in [-0.39, 0.29) is 11.8 Å². The van der Waals surface area contributed by atoms with Crippen LogP contribution in [0.15, 0.2) is 30.3 Å². The number of hydrogen-bond acceptors (Lipinski definition) is 3. The molecule has 0 radical (unpaired) electrons. The zero-order chi connectivity index (χ0) is 12.1. The van der Waals surface area contributed by atoms with Gasteiger partial charge in [-0.15, -0.1) is 0 Å². The standard InChI is InChI=1S/C14H19NO2/c1-2-13(15-8-10-17-11-9-15)14(16)12-6-4-3-5-7-12/h3-7,13H,2,8-11H2,1H3. The van der Waals surface area contributed by atoms with Crippen molar-refractivity contribution in [1.82, 2.24) is 4.90 Å². The molecule has 1 aromatic carbocycles. The number of nitrogens with zero attached hydrogens (tertiary/aromatic N) is 1. The second-order valence-electron chi connectivity index (χ2n) is 4.30. The van der Waals surface area contributed by atoms with E-state index in [0.29, 0.717) is 0 Å². The first-order valence-electron chi connectivity index (χ1n) is 6.24. The van der Waals surface area contributed by atoms with Crippen molar-refractivity contribution < 1.29 is 9.53 Å². The van der Waals surface area contributed by atoms with E-state index in [9.17, 15) is 4.79 Å². The number of benzene rings is 1. The van der Waals surface area contributed by atoms with E-state index >= 15 is 0 Å². The normalized spacial score (nSPS) is 18.9. The summed E-state index contributed by atoms with van der Waals surface area (Å²) in [6, 6.07) is 9.56. The van der Waals surface area contributed by atoms with Crippen LogP contribution in [0.4, 0.5) is 0 Å². The summed E-state index contributed by atoms with van der Waals surface area (Å²) in [6.07, 6.45) is 0.855. The van der Waals surface area contributed by atoms with Crippen molar-refractivity contribution in [3.63, 3.8) is 0 Å². The summed E-state index contributed by atoms with van der Waals surface area (Å²) in [5.74, 6) is 0.231. The summed E-state index contributed by atoms with van der Waals surface area (Å²) < 4.78 is 5.33. The smallest absolute Gasteiger partial charge is 0.179 e. The number of hydrogen-bond donors (Lipinski definition) is 0. The Hall–Kier alpha value is -1.19. The van der Waals surface area contributed by atoms with E-state index in [1.54, 1.807) is 0 Å². The number of ketones is 1. The summed E-state index contributed by atoms with van der Waals surface area (Å²) in [7, 11) is 0. The second-order valence-corrected chi connectivity index (χ2v) is 4.30. The fourth-order valence-corrected chi connectivity index (χ4v) is 2.29. The molecule has 92 valence electrons.